The van der Waals surface area contributed by atoms with Crippen LogP contribution in [0.25, 0.3) is 0 Å². The minimum atomic E-state index is -0.502. The highest BCUT2D eigenvalue weighted by atomic mass is 35.5. The van der Waals surface area contributed by atoms with E-state index in [1.54, 1.807) is 12.1 Å². The van der Waals surface area contributed by atoms with Crippen LogP contribution in [0.2, 0.25) is 5.02 Å². The minimum absolute atomic E-state index is 0.0914. The Morgan fingerprint density at radius 3 is 2.62 bits per heavy atom. The van der Waals surface area contributed by atoms with Crippen molar-refractivity contribution in [1.29, 1.82) is 0 Å². The van der Waals surface area contributed by atoms with E-state index in [0.717, 1.165) is 24.2 Å². The van der Waals surface area contributed by atoms with Crippen molar-refractivity contribution in [3.05, 3.63) is 28.8 Å². The number of hydrogen-bond acceptors (Lipinski definition) is 2. The molecule has 0 aliphatic rings. The number of aliphatic hydroxyl groups excluding tert-OH is 1. The average Bonchev–Trinajstić information content (AvgIpc) is 2.20. The lowest BCUT2D eigenvalue weighted by Crippen LogP contribution is -2.09. The molecule has 0 aromatic heterocycles. The highest BCUT2D eigenvalue weighted by Crippen LogP contribution is 2.31. The Labute approximate surface area is 102 Å². The summed E-state index contributed by atoms with van der Waals surface area (Å²) in [5.41, 5.74) is 0.781. The van der Waals surface area contributed by atoms with E-state index in [2.05, 4.69) is 0 Å². The summed E-state index contributed by atoms with van der Waals surface area (Å²) in [6.45, 7) is 5.96. The Hall–Kier alpha value is -0.730. The maximum atomic E-state index is 10.0. The first-order valence-electron chi connectivity index (χ1n) is 5.68. The second-order valence-corrected chi connectivity index (χ2v) is 4.59. The lowest BCUT2D eigenvalue weighted by atomic mass is 10.0. The molecule has 0 aliphatic heterocycles. The molecule has 1 aromatic rings. The van der Waals surface area contributed by atoms with Crippen LogP contribution in [0.1, 0.15) is 45.3 Å². The molecule has 90 valence electrons. The normalized spacial score (nSPS) is 12.9. The summed E-state index contributed by atoms with van der Waals surface area (Å²) in [6, 6.07) is 5.37. The molecule has 2 nitrogen and oxygen atoms in total. The summed E-state index contributed by atoms with van der Waals surface area (Å²) in [4.78, 5) is 0. The molecule has 1 atom stereocenters. The van der Waals surface area contributed by atoms with Gasteiger partial charge < -0.3 is 9.84 Å². The van der Waals surface area contributed by atoms with Crippen LogP contribution < -0.4 is 4.74 Å². The number of benzene rings is 1. The monoisotopic (exact) mass is 242 g/mol. The second kappa shape index (κ2) is 6.12. The molecule has 1 unspecified atom stereocenters. The van der Waals surface area contributed by atoms with Gasteiger partial charge in [0.15, 0.2) is 0 Å². The number of ether oxygens (including phenoxy) is 1. The van der Waals surface area contributed by atoms with E-state index in [4.69, 9.17) is 16.3 Å². The highest BCUT2D eigenvalue weighted by Gasteiger charge is 2.14. The van der Waals surface area contributed by atoms with Crippen LogP contribution in [-0.2, 0) is 0 Å². The third-order valence-corrected chi connectivity index (χ3v) is 2.49. The fourth-order valence-corrected chi connectivity index (χ4v) is 1.75. The van der Waals surface area contributed by atoms with Gasteiger partial charge in [0.25, 0.3) is 0 Å². The molecule has 0 amide bonds. The molecular weight excluding hydrogens is 224 g/mol. The van der Waals surface area contributed by atoms with Gasteiger partial charge in [0.1, 0.15) is 5.75 Å². The Morgan fingerprint density at radius 1 is 1.38 bits per heavy atom. The molecule has 0 saturated heterocycles. The number of aliphatic hydroxyl groups is 1. The van der Waals surface area contributed by atoms with E-state index in [0.29, 0.717) is 5.02 Å². The van der Waals surface area contributed by atoms with Gasteiger partial charge in [-0.25, -0.2) is 0 Å². The van der Waals surface area contributed by atoms with Gasteiger partial charge in [0, 0.05) is 10.6 Å². The van der Waals surface area contributed by atoms with E-state index >= 15 is 0 Å². The van der Waals surface area contributed by atoms with Crippen molar-refractivity contribution >= 4 is 11.6 Å². The van der Waals surface area contributed by atoms with E-state index in [-0.39, 0.29) is 6.10 Å². The molecule has 0 radical (unpaired) electrons. The highest BCUT2D eigenvalue weighted by molar-refractivity contribution is 6.30. The number of rotatable bonds is 5. The molecule has 3 heteroatoms. The summed E-state index contributed by atoms with van der Waals surface area (Å²) in [7, 11) is 0. The van der Waals surface area contributed by atoms with Crippen LogP contribution in [0, 0.1) is 0 Å². The molecule has 1 aromatic carbocycles. The number of hydrogen-bond donors (Lipinski definition) is 1. The van der Waals surface area contributed by atoms with Crippen molar-refractivity contribution in [2.24, 2.45) is 0 Å². The SMILES string of the molecule is CCCC(O)c1cc(Cl)ccc1OC(C)C. The first-order chi connectivity index (χ1) is 7.54. The Balaban J connectivity index is 2.97. The zero-order chi connectivity index (χ0) is 12.1. The summed E-state index contributed by atoms with van der Waals surface area (Å²) in [6.07, 6.45) is 1.23. The molecule has 0 aliphatic carbocycles. The Bertz CT molecular complexity index is 337. The van der Waals surface area contributed by atoms with E-state index in [9.17, 15) is 5.11 Å². The van der Waals surface area contributed by atoms with Crippen LogP contribution in [-0.4, -0.2) is 11.2 Å². The smallest absolute Gasteiger partial charge is 0.125 e. The molecule has 16 heavy (non-hydrogen) atoms. The van der Waals surface area contributed by atoms with Crippen LogP contribution in [0.3, 0.4) is 0 Å². The maximum absolute atomic E-state index is 10.0. The van der Waals surface area contributed by atoms with Crippen molar-refractivity contribution in [3.8, 4) is 5.75 Å². The van der Waals surface area contributed by atoms with Gasteiger partial charge in [-0.3, -0.25) is 0 Å². The van der Waals surface area contributed by atoms with Crippen LogP contribution in [0.15, 0.2) is 18.2 Å². The molecular formula is C13H19ClO2. The van der Waals surface area contributed by atoms with E-state index < -0.39 is 6.10 Å². The molecule has 0 spiro atoms. The Morgan fingerprint density at radius 2 is 2.06 bits per heavy atom. The molecule has 0 bridgehead atoms. The van der Waals surface area contributed by atoms with E-state index in [1.165, 1.54) is 0 Å². The van der Waals surface area contributed by atoms with Crippen molar-refractivity contribution < 1.29 is 9.84 Å². The van der Waals surface area contributed by atoms with Gasteiger partial charge in [0.05, 0.1) is 12.2 Å². The fraction of sp³-hybridized carbons (Fsp3) is 0.538. The standard InChI is InChI=1S/C13H19ClO2/c1-4-5-12(15)11-8-10(14)6-7-13(11)16-9(2)3/h6-9,12,15H,4-5H2,1-3H3. The van der Waals surface area contributed by atoms with Crippen LogP contribution >= 0.6 is 11.6 Å². The lowest BCUT2D eigenvalue weighted by molar-refractivity contribution is 0.155. The van der Waals surface area contributed by atoms with Crippen molar-refractivity contribution in [2.45, 2.75) is 45.8 Å². The zero-order valence-electron chi connectivity index (χ0n) is 10.0. The molecule has 1 N–H and O–H groups in total. The first-order valence-corrected chi connectivity index (χ1v) is 6.06. The predicted octanol–water partition coefficient (Wildman–Crippen LogP) is 3.96. The van der Waals surface area contributed by atoms with Gasteiger partial charge in [-0.1, -0.05) is 24.9 Å². The zero-order valence-corrected chi connectivity index (χ0v) is 10.8. The van der Waals surface area contributed by atoms with E-state index in [1.807, 2.05) is 26.8 Å². The topological polar surface area (TPSA) is 29.5 Å². The third-order valence-electron chi connectivity index (χ3n) is 2.26. The van der Waals surface area contributed by atoms with Gasteiger partial charge in [-0.2, -0.15) is 0 Å². The predicted molar refractivity (Wildman–Crippen MR) is 67.1 cm³/mol. The van der Waals surface area contributed by atoms with Crippen molar-refractivity contribution in [3.63, 3.8) is 0 Å². The third kappa shape index (κ3) is 3.69. The van der Waals surface area contributed by atoms with Crippen molar-refractivity contribution in [2.75, 3.05) is 0 Å². The average molecular weight is 243 g/mol. The Kier molecular flexibility index (Phi) is 5.10. The van der Waals surface area contributed by atoms with Crippen molar-refractivity contribution in [1.82, 2.24) is 0 Å². The van der Waals surface area contributed by atoms with Gasteiger partial charge in [0.2, 0.25) is 0 Å². The van der Waals surface area contributed by atoms with Gasteiger partial charge in [-0.15, -0.1) is 0 Å². The quantitative estimate of drug-likeness (QED) is 0.847. The minimum Gasteiger partial charge on any atom is -0.491 e. The molecule has 0 saturated carbocycles. The maximum Gasteiger partial charge on any atom is 0.125 e. The summed E-state index contributed by atoms with van der Waals surface area (Å²) < 4.78 is 5.65. The fourth-order valence-electron chi connectivity index (χ4n) is 1.57. The molecule has 0 heterocycles. The summed E-state index contributed by atoms with van der Waals surface area (Å²) in [5, 5.41) is 10.6. The van der Waals surface area contributed by atoms with Crippen LogP contribution in [0.4, 0.5) is 0 Å². The molecule has 1 rings (SSSR count). The second-order valence-electron chi connectivity index (χ2n) is 4.15. The van der Waals surface area contributed by atoms with Crippen LogP contribution in [0.5, 0.6) is 5.75 Å². The largest absolute Gasteiger partial charge is 0.491 e. The summed E-state index contributed by atoms with van der Waals surface area (Å²) in [5.74, 6) is 0.723. The lowest BCUT2D eigenvalue weighted by Gasteiger charge is -2.18. The van der Waals surface area contributed by atoms with Gasteiger partial charge >= 0.3 is 0 Å². The summed E-state index contributed by atoms with van der Waals surface area (Å²) >= 11 is 5.93. The molecule has 0 fully saturated rings. The number of halogens is 1. The van der Waals surface area contributed by atoms with Gasteiger partial charge in [-0.05, 0) is 38.5 Å². The first kappa shape index (κ1) is 13.3.